The molecule has 0 spiro atoms. The molecule has 3 N–H and O–H groups in total. The highest BCUT2D eigenvalue weighted by atomic mass is 16.7. The molecule has 0 aromatic heterocycles. The third-order valence-electron chi connectivity index (χ3n) is 5.73. The maximum absolute atomic E-state index is 13.5. The van der Waals surface area contributed by atoms with Gasteiger partial charge < -0.3 is 33.7 Å². The molecule has 6 atom stereocenters. The van der Waals surface area contributed by atoms with Crippen molar-refractivity contribution in [1.82, 2.24) is 5.32 Å². The quantitative estimate of drug-likeness (QED) is 0.124. The highest BCUT2D eigenvalue weighted by molar-refractivity contribution is 6.07. The van der Waals surface area contributed by atoms with Crippen LogP contribution in [0.5, 0.6) is 0 Å². The van der Waals surface area contributed by atoms with Crippen LogP contribution in [0.2, 0.25) is 0 Å². The summed E-state index contributed by atoms with van der Waals surface area (Å²) >= 11 is 0. The second-order valence-corrected chi connectivity index (χ2v) is 8.92. The largest absolute Gasteiger partial charge is 0.463 e. The zero-order valence-electron chi connectivity index (χ0n) is 22.1. The van der Waals surface area contributed by atoms with Crippen LogP contribution < -0.4 is 10.6 Å². The van der Waals surface area contributed by atoms with E-state index in [0.29, 0.717) is 12.1 Å². The van der Waals surface area contributed by atoms with Gasteiger partial charge in [-0.05, 0) is 0 Å². The lowest BCUT2D eigenvalue weighted by Gasteiger charge is -2.44. The van der Waals surface area contributed by atoms with Gasteiger partial charge >= 0.3 is 23.9 Å². The Hall–Kier alpha value is -3.81. The fraction of sp³-hybridized carbons (Fsp3) is 0.500. The van der Waals surface area contributed by atoms with Crippen molar-refractivity contribution in [3.05, 3.63) is 47.7 Å². The van der Waals surface area contributed by atoms with Crippen molar-refractivity contribution in [2.75, 3.05) is 19.7 Å². The summed E-state index contributed by atoms with van der Waals surface area (Å²) in [6, 6.07) is 8.36. The first-order valence-corrected chi connectivity index (χ1v) is 12.4. The molecule has 2 heterocycles. The fourth-order valence-corrected chi connectivity index (χ4v) is 4.20. The Labute approximate surface area is 225 Å². The van der Waals surface area contributed by atoms with E-state index in [4.69, 9.17) is 28.4 Å². The Morgan fingerprint density at radius 2 is 1.49 bits per heavy atom. The molecule has 39 heavy (non-hydrogen) atoms. The molecule has 0 bridgehead atoms. The number of carbonyl (C=O) groups excluding carboxylic acids is 5. The monoisotopic (exact) mass is 549 g/mol. The first kappa shape index (κ1) is 29.7. The predicted molar refractivity (Wildman–Crippen MR) is 130 cm³/mol. The van der Waals surface area contributed by atoms with Gasteiger partial charge in [0.05, 0.1) is 13.1 Å². The molecule has 3 rings (SSSR count). The van der Waals surface area contributed by atoms with Crippen LogP contribution in [0, 0.1) is 0 Å². The highest BCUT2D eigenvalue weighted by Crippen LogP contribution is 2.31. The van der Waals surface area contributed by atoms with Gasteiger partial charge in [-0.2, -0.15) is 0 Å². The van der Waals surface area contributed by atoms with E-state index in [2.05, 4.69) is 5.32 Å². The van der Waals surface area contributed by atoms with Gasteiger partial charge in [-0.15, -0.1) is 0 Å². The van der Waals surface area contributed by atoms with E-state index >= 15 is 0 Å². The number of rotatable bonds is 10. The van der Waals surface area contributed by atoms with Gasteiger partial charge in [0.15, 0.2) is 24.1 Å². The van der Waals surface area contributed by atoms with Crippen molar-refractivity contribution >= 4 is 29.7 Å². The minimum Gasteiger partial charge on any atom is -0.463 e. The number of Topliss-reactive ketones (excluding diaryl/α,β-unsaturated/α-hetero) is 1. The molecule has 13 heteroatoms. The number of quaternary nitrogens is 1. The molecule has 212 valence electrons. The van der Waals surface area contributed by atoms with E-state index in [-0.39, 0.29) is 11.9 Å². The van der Waals surface area contributed by atoms with Crippen LogP contribution in [0.3, 0.4) is 0 Å². The summed E-state index contributed by atoms with van der Waals surface area (Å²) in [7, 11) is 0. The molecule has 2 fully saturated rings. The van der Waals surface area contributed by atoms with E-state index in [0.717, 1.165) is 27.3 Å². The topological polar surface area (TPSA) is 169 Å². The average molecular weight is 550 g/mol. The number of carbonyl (C=O) groups is 5. The summed E-state index contributed by atoms with van der Waals surface area (Å²) in [4.78, 5) is 61.1. The molecule has 0 aliphatic carbocycles. The van der Waals surface area contributed by atoms with E-state index in [1.807, 2.05) is 5.32 Å². The number of ketones is 1. The zero-order chi connectivity index (χ0) is 28.5. The molecule has 2 aliphatic heterocycles. The lowest BCUT2D eigenvalue weighted by molar-refractivity contribution is -0.661. The second-order valence-electron chi connectivity index (χ2n) is 8.92. The van der Waals surface area contributed by atoms with Crippen molar-refractivity contribution in [3.63, 3.8) is 0 Å². The summed E-state index contributed by atoms with van der Waals surface area (Å²) < 4.78 is 33.4. The zero-order valence-corrected chi connectivity index (χ0v) is 22.1. The molecule has 1 aromatic rings. The maximum Gasteiger partial charge on any atom is 0.303 e. The van der Waals surface area contributed by atoms with Gasteiger partial charge in [0.2, 0.25) is 18.2 Å². The fourth-order valence-electron chi connectivity index (χ4n) is 4.20. The van der Waals surface area contributed by atoms with Gasteiger partial charge in [-0.3, -0.25) is 29.3 Å². The number of allylic oxidation sites excluding steroid dienone is 1. The van der Waals surface area contributed by atoms with Gasteiger partial charge in [0.25, 0.3) is 0 Å². The Bertz CT molecular complexity index is 1080. The molecule has 0 radical (unpaired) electrons. The van der Waals surface area contributed by atoms with E-state index < -0.39 is 67.0 Å². The van der Waals surface area contributed by atoms with Gasteiger partial charge in [0.1, 0.15) is 12.7 Å². The number of esters is 4. The number of ether oxygens (including phenoxy) is 6. The van der Waals surface area contributed by atoms with Crippen molar-refractivity contribution in [2.45, 2.75) is 64.6 Å². The van der Waals surface area contributed by atoms with Crippen molar-refractivity contribution < 1.29 is 57.7 Å². The Kier molecular flexibility index (Phi) is 10.5. The minimum absolute atomic E-state index is 0.127. The molecular weight excluding hydrogens is 516 g/mol. The molecule has 13 nitrogen and oxygen atoms in total. The van der Waals surface area contributed by atoms with Crippen LogP contribution in [0.15, 0.2) is 42.2 Å². The number of hydrogen-bond acceptors (Lipinski definition) is 12. The third kappa shape index (κ3) is 8.60. The summed E-state index contributed by atoms with van der Waals surface area (Å²) in [6.45, 7) is 5.60. The summed E-state index contributed by atoms with van der Waals surface area (Å²) in [6.07, 6.45) is -5.67. The van der Waals surface area contributed by atoms with E-state index in [1.165, 1.54) is 6.92 Å². The maximum atomic E-state index is 13.5. The van der Waals surface area contributed by atoms with Crippen LogP contribution in [0.25, 0.3) is 0 Å². The third-order valence-corrected chi connectivity index (χ3v) is 5.73. The van der Waals surface area contributed by atoms with Crippen LogP contribution in [-0.2, 0) is 47.6 Å². The molecule has 6 unspecified atom stereocenters. The number of benzene rings is 1. The van der Waals surface area contributed by atoms with Gasteiger partial charge in [-0.1, -0.05) is 30.3 Å². The van der Waals surface area contributed by atoms with Crippen LogP contribution in [0.4, 0.5) is 0 Å². The lowest BCUT2D eigenvalue weighted by atomic mass is 9.98. The summed E-state index contributed by atoms with van der Waals surface area (Å²) in [5, 5.41) is 5.16. The molecule has 0 saturated carbocycles. The normalized spacial score (nSPS) is 26.7. The first-order valence-electron chi connectivity index (χ1n) is 12.4. The van der Waals surface area contributed by atoms with Crippen molar-refractivity contribution in [2.24, 2.45) is 0 Å². The summed E-state index contributed by atoms with van der Waals surface area (Å²) in [5.74, 6) is -3.56. The molecule has 2 saturated heterocycles. The van der Waals surface area contributed by atoms with Crippen LogP contribution in [0.1, 0.15) is 38.1 Å². The van der Waals surface area contributed by atoms with E-state index in [1.54, 1.807) is 36.4 Å². The predicted octanol–water partition coefficient (Wildman–Crippen LogP) is -0.654. The highest BCUT2D eigenvalue weighted by Gasteiger charge is 2.53. The second kappa shape index (κ2) is 13.8. The standard InChI is InChI=1S/C26H32N2O11/c1-14(29)34-13-20-23(35-15(2)30)24(36-16(3)31)25(37-17(4)32)26(39-20)38-19(12-21-27-10-11-28-21)22(33)18-8-6-5-7-9-18/h5-9,12,20-21,23-28H,10-11,13H2,1-4H3/p+1/b19-12-. The number of nitrogens with two attached hydrogens (primary N) is 1. The average Bonchev–Trinajstić information content (AvgIpc) is 3.38. The molecule has 2 aliphatic rings. The summed E-state index contributed by atoms with van der Waals surface area (Å²) in [5.41, 5.74) is 0.326. The lowest BCUT2D eigenvalue weighted by Crippen LogP contribution is -2.87. The Balaban J connectivity index is 2.04. The minimum atomic E-state index is -1.52. The van der Waals surface area contributed by atoms with Crippen LogP contribution >= 0.6 is 0 Å². The molecule has 0 amide bonds. The Morgan fingerprint density at radius 1 is 0.872 bits per heavy atom. The number of nitrogens with one attached hydrogen (secondary N) is 1. The Morgan fingerprint density at radius 3 is 2.05 bits per heavy atom. The molecular formula is C26H33N2O11+. The van der Waals surface area contributed by atoms with Gasteiger partial charge in [-0.25, -0.2) is 0 Å². The van der Waals surface area contributed by atoms with E-state index in [9.17, 15) is 24.0 Å². The smallest absolute Gasteiger partial charge is 0.303 e. The first-order chi connectivity index (χ1) is 18.5. The van der Waals surface area contributed by atoms with Crippen molar-refractivity contribution in [1.29, 1.82) is 0 Å². The van der Waals surface area contributed by atoms with Crippen molar-refractivity contribution in [3.8, 4) is 0 Å². The van der Waals surface area contributed by atoms with Crippen LogP contribution in [-0.4, -0.2) is 86.2 Å². The number of hydrogen-bond donors (Lipinski definition) is 2. The molecule has 1 aromatic carbocycles. The SMILES string of the molecule is CC(=O)OCC1OC(O/C(=C\C2NCC[NH2+]2)C(=O)c2ccccc2)C(OC(C)=O)C(OC(C)=O)C1OC(C)=O. The van der Waals surface area contributed by atoms with Gasteiger partial charge in [0, 0.05) is 39.3 Å².